The van der Waals surface area contributed by atoms with E-state index < -0.39 is 0 Å². The molecule has 0 aromatic heterocycles. The Balaban J connectivity index is 1.41. The van der Waals surface area contributed by atoms with Crippen LogP contribution < -0.4 is 0 Å². The third-order valence-electron chi connectivity index (χ3n) is 11.9. The van der Waals surface area contributed by atoms with Gasteiger partial charge in [-0.25, -0.2) is 0 Å². The summed E-state index contributed by atoms with van der Waals surface area (Å²) in [7, 11) is 2.00. The van der Waals surface area contributed by atoms with Crippen molar-refractivity contribution in [2.24, 2.45) is 57.7 Å². The average molecular weight is 403 g/mol. The molecule has 1 unspecified atom stereocenters. The van der Waals surface area contributed by atoms with Gasteiger partial charge in [-0.15, -0.1) is 0 Å². The normalized spacial score (nSPS) is 55.0. The minimum atomic E-state index is -0.130. The summed E-state index contributed by atoms with van der Waals surface area (Å²) in [4.78, 5) is 0. The molecule has 0 radical (unpaired) electrons. The first-order valence-electron chi connectivity index (χ1n) is 12.9. The Kier molecular flexibility index (Phi) is 4.81. The predicted molar refractivity (Wildman–Crippen MR) is 118 cm³/mol. The second-order valence-corrected chi connectivity index (χ2v) is 13.0. The number of hydrogen-bond acceptors (Lipinski definition) is 2. The van der Waals surface area contributed by atoms with Crippen molar-refractivity contribution in [2.75, 3.05) is 7.11 Å². The summed E-state index contributed by atoms with van der Waals surface area (Å²) in [5.41, 5.74) is 1.50. The second-order valence-electron chi connectivity index (χ2n) is 13.0. The zero-order valence-corrected chi connectivity index (χ0v) is 19.9. The molecule has 0 heterocycles. The van der Waals surface area contributed by atoms with Crippen molar-refractivity contribution >= 4 is 0 Å². The van der Waals surface area contributed by atoms with E-state index in [4.69, 9.17) is 4.74 Å². The summed E-state index contributed by atoms with van der Waals surface area (Å²) < 4.78 is 6.26. The third kappa shape index (κ3) is 2.60. The van der Waals surface area contributed by atoms with E-state index in [1.807, 2.05) is 7.11 Å². The SMILES string of the molecule is CO[C@@H]1C[C@H]2[C@@H]3CCC([C@H](C)[C@@H](O)CC(C)C)[C@@]3(C)CC[C@@H]2[C@@]2(C)CC[C@@H]3C[C@]312. The number of hydrogen-bond donors (Lipinski definition) is 1. The Hall–Kier alpha value is -0.0800. The van der Waals surface area contributed by atoms with Gasteiger partial charge in [0.1, 0.15) is 0 Å². The fraction of sp³-hybridized carbons (Fsp3) is 1.00. The highest BCUT2D eigenvalue weighted by Crippen LogP contribution is 2.82. The van der Waals surface area contributed by atoms with E-state index in [2.05, 4.69) is 34.6 Å². The highest BCUT2D eigenvalue weighted by atomic mass is 16.5. The summed E-state index contributed by atoms with van der Waals surface area (Å²) in [6, 6.07) is 0. The monoisotopic (exact) mass is 402 g/mol. The number of ether oxygens (including phenoxy) is 1. The van der Waals surface area contributed by atoms with E-state index in [0.717, 1.165) is 30.1 Å². The van der Waals surface area contributed by atoms with Gasteiger partial charge in [-0.2, -0.15) is 0 Å². The summed E-state index contributed by atoms with van der Waals surface area (Å²) in [5.74, 6) is 5.32. The van der Waals surface area contributed by atoms with E-state index in [1.54, 1.807) is 0 Å². The van der Waals surface area contributed by atoms with Crippen LogP contribution in [0.15, 0.2) is 0 Å². The largest absolute Gasteiger partial charge is 0.393 e. The smallest absolute Gasteiger partial charge is 0.0638 e. The van der Waals surface area contributed by atoms with E-state index in [-0.39, 0.29) is 6.10 Å². The summed E-state index contributed by atoms with van der Waals surface area (Å²) in [6.45, 7) is 12.1. The lowest BCUT2D eigenvalue weighted by molar-refractivity contribution is -0.162. The van der Waals surface area contributed by atoms with Crippen molar-refractivity contribution in [1.82, 2.24) is 0 Å². The van der Waals surface area contributed by atoms with Crippen LogP contribution in [0.4, 0.5) is 0 Å². The Morgan fingerprint density at radius 3 is 2.41 bits per heavy atom. The number of aliphatic hydroxyl groups is 1. The third-order valence-corrected chi connectivity index (χ3v) is 11.9. The van der Waals surface area contributed by atoms with Gasteiger partial charge in [0.05, 0.1) is 12.2 Å². The summed E-state index contributed by atoms with van der Waals surface area (Å²) >= 11 is 0. The zero-order chi connectivity index (χ0) is 20.8. The van der Waals surface area contributed by atoms with Gasteiger partial charge < -0.3 is 9.84 Å². The van der Waals surface area contributed by atoms with Crippen LogP contribution in [0.5, 0.6) is 0 Å². The van der Waals surface area contributed by atoms with Crippen molar-refractivity contribution < 1.29 is 9.84 Å². The Labute approximate surface area is 179 Å². The van der Waals surface area contributed by atoms with Crippen molar-refractivity contribution in [1.29, 1.82) is 0 Å². The molecule has 5 saturated carbocycles. The highest BCUT2D eigenvalue weighted by Gasteiger charge is 2.77. The molecule has 1 spiro atoms. The molecule has 166 valence electrons. The van der Waals surface area contributed by atoms with Crippen LogP contribution >= 0.6 is 0 Å². The van der Waals surface area contributed by atoms with E-state index in [0.29, 0.717) is 40.1 Å². The maximum atomic E-state index is 10.9. The van der Waals surface area contributed by atoms with Crippen LogP contribution in [-0.2, 0) is 4.74 Å². The van der Waals surface area contributed by atoms with Crippen LogP contribution in [0.3, 0.4) is 0 Å². The molecule has 5 aliphatic carbocycles. The van der Waals surface area contributed by atoms with Crippen LogP contribution in [0.1, 0.15) is 92.4 Å². The Morgan fingerprint density at radius 1 is 1.00 bits per heavy atom. The van der Waals surface area contributed by atoms with Gasteiger partial charge in [0.15, 0.2) is 0 Å². The molecule has 0 amide bonds. The molecule has 29 heavy (non-hydrogen) atoms. The molecule has 0 aliphatic heterocycles. The topological polar surface area (TPSA) is 29.5 Å². The van der Waals surface area contributed by atoms with Gasteiger partial charge >= 0.3 is 0 Å². The Bertz CT molecular complexity index is 644. The number of fused-ring (bicyclic) bond motifs is 4. The standard InChI is InChI=1S/C27H46O2/c1-16(2)13-23(28)17(3)20-7-8-21-19-14-24(29-6)27-15-18(27)9-12-26(27,5)22(19)10-11-25(20,21)4/h16-24,28H,7-15H2,1-6H3/t17-,18+,19-,20?,21-,22-,23-,24+,25+,26+,27-/m0/s1. The van der Waals surface area contributed by atoms with Gasteiger partial charge in [0.2, 0.25) is 0 Å². The second kappa shape index (κ2) is 6.71. The van der Waals surface area contributed by atoms with Gasteiger partial charge in [0, 0.05) is 12.5 Å². The van der Waals surface area contributed by atoms with E-state index >= 15 is 0 Å². The van der Waals surface area contributed by atoms with Crippen molar-refractivity contribution in [2.45, 2.75) is 105 Å². The van der Waals surface area contributed by atoms with Crippen molar-refractivity contribution in [3.05, 3.63) is 0 Å². The first kappa shape index (κ1) is 20.8. The number of rotatable bonds is 5. The minimum Gasteiger partial charge on any atom is -0.393 e. The quantitative estimate of drug-likeness (QED) is 0.583. The lowest BCUT2D eigenvalue weighted by Gasteiger charge is -2.61. The number of methoxy groups -OCH3 is 1. The fourth-order valence-corrected chi connectivity index (χ4v) is 10.4. The molecule has 11 atom stereocenters. The van der Waals surface area contributed by atoms with Gasteiger partial charge in [0.25, 0.3) is 0 Å². The summed E-state index contributed by atoms with van der Waals surface area (Å²) in [6.07, 6.45) is 12.6. The molecular weight excluding hydrogens is 356 g/mol. The molecule has 0 aromatic carbocycles. The van der Waals surface area contributed by atoms with Gasteiger partial charge in [-0.1, -0.05) is 34.6 Å². The van der Waals surface area contributed by atoms with Gasteiger partial charge in [-0.3, -0.25) is 0 Å². The predicted octanol–water partition coefficient (Wildman–Crippen LogP) is 6.31. The molecule has 5 rings (SSSR count). The molecule has 0 aromatic rings. The minimum absolute atomic E-state index is 0.130. The van der Waals surface area contributed by atoms with Crippen LogP contribution in [0.2, 0.25) is 0 Å². The van der Waals surface area contributed by atoms with Crippen LogP contribution in [0, 0.1) is 57.7 Å². The maximum Gasteiger partial charge on any atom is 0.0638 e. The molecule has 2 heteroatoms. The maximum absolute atomic E-state index is 10.9. The fourth-order valence-electron chi connectivity index (χ4n) is 10.4. The first-order valence-corrected chi connectivity index (χ1v) is 12.9. The molecule has 5 aliphatic rings. The van der Waals surface area contributed by atoms with Crippen LogP contribution in [0.25, 0.3) is 0 Å². The van der Waals surface area contributed by atoms with Crippen LogP contribution in [-0.4, -0.2) is 24.4 Å². The highest BCUT2D eigenvalue weighted by molar-refractivity contribution is 5.26. The van der Waals surface area contributed by atoms with E-state index in [9.17, 15) is 5.11 Å². The Morgan fingerprint density at radius 2 is 1.76 bits per heavy atom. The van der Waals surface area contributed by atoms with Gasteiger partial charge in [-0.05, 0) is 110 Å². The molecule has 1 N–H and O–H groups in total. The molecule has 5 fully saturated rings. The number of aliphatic hydroxyl groups excluding tert-OH is 1. The lowest BCUT2D eigenvalue weighted by Crippen LogP contribution is -2.57. The first-order chi connectivity index (χ1) is 13.7. The zero-order valence-electron chi connectivity index (χ0n) is 19.9. The van der Waals surface area contributed by atoms with E-state index in [1.165, 1.54) is 51.4 Å². The molecule has 0 bridgehead atoms. The summed E-state index contributed by atoms with van der Waals surface area (Å²) in [5, 5.41) is 10.9. The average Bonchev–Trinajstić information content (AvgIpc) is 3.18. The molecule has 0 saturated heterocycles. The van der Waals surface area contributed by atoms with Crippen molar-refractivity contribution in [3.8, 4) is 0 Å². The molecular formula is C27H46O2. The lowest BCUT2D eigenvalue weighted by atomic mass is 9.45. The molecule has 2 nitrogen and oxygen atoms in total. The van der Waals surface area contributed by atoms with Crippen molar-refractivity contribution in [3.63, 3.8) is 0 Å².